The van der Waals surface area contributed by atoms with Gasteiger partial charge in [0.05, 0.1) is 13.7 Å². The monoisotopic (exact) mass is 287 g/mol. The van der Waals surface area contributed by atoms with E-state index in [-0.39, 0.29) is 17.8 Å². The maximum absolute atomic E-state index is 11.6. The smallest absolute Gasteiger partial charge is 0.407 e. The van der Waals surface area contributed by atoms with E-state index < -0.39 is 11.7 Å². The topological polar surface area (TPSA) is 73.9 Å². The van der Waals surface area contributed by atoms with E-state index in [1.54, 1.807) is 0 Å². The second kappa shape index (κ2) is 7.47. The lowest BCUT2D eigenvalue weighted by atomic mass is 9.86. The Morgan fingerprint density at radius 1 is 1.30 bits per heavy atom. The van der Waals surface area contributed by atoms with E-state index in [4.69, 9.17) is 14.2 Å². The summed E-state index contributed by atoms with van der Waals surface area (Å²) < 4.78 is 15.3. The predicted octanol–water partition coefficient (Wildman–Crippen LogP) is 1.73. The third-order valence-electron chi connectivity index (χ3n) is 3.20. The molecule has 6 nitrogen and oxygen atoms in total. The van der Waals surface area contributed by atoms with Crippen LogP contribution in [0.3, 0.4) is 0 Å². The molecule has 0 unspecified atom stereocenters. The van der Waals surface area contributed by atoms with Gasteiger partial charge in [-0.05, 0) is 33.1 Å². The van der Waals surface area contributed by atoms with Gasteiger partial charge in [0.15, 0.2) is 0 Å². The number of hydrogen-bond acceptors (Lipinski definition) is 5. The van der Waals surface area contributed by atoms with Crippen LogP contribution < -0.4 is 5.32 Å². The van der Waals surface area contributed by atoms with Gasteiger partial charge >= 0.3 is 12.1 Å². The fraction of sp³-hybridized carbons (Fsp3) is 0.857. The summed E-state index contributed by atoms with van der Waals surface area (Å²) in [6, 6.07) is 0. The summed E-state index contributed by atoms with van der Waals surface area (Å²) in [5.41, 5.74) is -0.515. The molecule has 1 fully saturated rings. The lowest BCUT2D eigenvalue weighted by molar-refractivity contribution is -0.143. The van der Waals surface area contributed by atoms with E-state index in [2.05, 4.69) is 5.32 Å². The molecule has 1 N–H and O–H groups in total. The number of esters is 1. The third-order valence-corrected chi connectivity index (χ3v) is 3.20. The van der Waals surface area contributed by atoms with Gasteiger partial charge in [0, 0.05) is 25.5 Å². The molecule has 116 valence electrons. The zero-order valence-electron chi connectivity index (χ0n) is 12.7. The van der Waals surface area contributed by atoms with Crippen LogP contribution in [-0.2, 0) is 19.0 Å². The summed E-state index contributed by atoms with van der Waals surface area (Å²) in [5, 5.41) is 2.74. The first-order chi connectivity index (χ1) is 9.31. The molecule has 1 rings (SSSR count). The molecule has 0 saturated carbocycles. The molecule has 1 heterocycles. The quantitative estimate of drug-likeness (QED) is 0.797. The average Bonchev–Trinajstić information content (AvgIpc) is 2.35. The summed E-state index contributed by atoms with van der Waals surface area (Å²) in [5.74, 6) is 0.0562. The highest BCUT2D eigenvalue weighted by molar-refractivity contribution is 5.69. The number of amides is 1. The largest absolute Gasteiger partial charge is 0.469 e. The zero-order valence-corrected chi connectivity index (χ0v) is 12.7. The minimum atomic E-state index is -0.515. The van der Waals surface area contributed by atoms with Crippen molar-refractivity contribution in [2.75, 3.05) is 26.9 Å². The van der Waals surface area contributed by atoms with Crippen molar-refractivity contribution in [3.63, 3.8) is 0 Å². The highest BCUT2D eigenvalue weighted by Gasteiger charge is 2.29. The molecule has 1 amide bonds. The van der Waals surface area contributed by atoms with Crippen molar-refractivity contribution in [2.45, 2.75) is 39.2 Å². The van der Waals surface area contributed by atoms with E-state index in [1.165, 1.54) is 7.11 Å². The first-order valence-corrected chi connectivity index (χ1v) is 6.93. The normalized spacial score (nSPS) is 23.0. The van der Waals surface area contributed by atoms with Crippen molar-refractivity contribution in [3.8, 4) is 0 Å². The average molecular weight is 287 g/mol. The molecule has 1 aliphatic rings. The van der Waals surface area contributed by atoms with Crippen molar-refractivity contribution >= 4 is 12.1 Å². The van der Waals surface area contributed by atoms with E-state index in [0.29, 0.717) is 26.2 Å². The SMILES string of the molecule is COC(=O)C[C@H]1CCOC[C@H]1CNC(=O)OC(C)(C)C. The summed E-state index contributed by atoms with van der Waals surface area (Å²) in [7, 11) is 1.38. The molecule has 0 aliphatic carbocycles. The Bertz CT molecular complexity index is 337. The number of carbonyl (C=O) groups excluding carboxylic acids is 2. The second-order valence-corrected chi connectivity index (χ2v) is 6.05. The highest BCUT2D eigenvalue weighted by Crippen LogP contribution is 2.25. The number of ether oxygens (including phenoxy) is 3. The number of rotatable bonds is 4. The maximum Gasteiger partial charge on any atom is 0.407 e. The fourth-order valence-corrected chi connectivity index (χ4v) is 2.16. The van der Waals surface area contributed by atoms with Crippen molar-refractivity contribution < 1.29 is 23.8 Å². The van der Waals surface area contributed by atoms with Crippen LogP contribution >= 0.6 is 0 Å². The van der Waals surface area contributed by atoms with Gasteiger partial charge in [-0.3, -0.25) is 4.79 Å². The Labute approximate surface area is 120 Å². The Balaban J connectivity index is 2.42. The van der Waals surface area contributed by atoms with Crippen molar-refractivity contribution in [3.05, 3.63) is 0 Å². The lowest BCUT2D eigenvalue weighted by Crippen LogP contribution is -2.40. The van der Waals surface area contributed by atoms with Gasteiger partial charge in [-0.25, -0.2) is 4.79 Å². The van der Waals surface area contributed by atoms with Crippen LogP contribution in [0.5, 0.6) is 0 Å². The number of methoxy groups -OCH3 is 1. The molecule has 1 saturated heterocycles. The van der Waals surface area contributed by atoms with Gasteiger partial charge in [-0.1, -0.05) is 0 Å². The van der Waals surface area contributed by atoms with Crippen molar-refractivity contribution in [1.29, 1.82) is 0 Å². The van der Waals surface area contributed by atoms with Gasteiger partial charge in [0.25, 0.3) is 0 Å². The lowest BCUT2D eigenvalue weighted by Gasteiger charge is -2.31. The van der Waals surface area contributed by atoms with Crippen LogP contribution in [0.1, 0.15) is 33.6 Å². The van der Waals surface area contributed by atoms with Crippen molar-refractivity contribution in [1.82, 2.24) is 5.32 Å². The summed E-state index contributed by atoms with van der Waals surface area (Å²) in [4.78, 5) is 23.0. The van der Waals surface area contributed by atoms with Gasteiger partial charge in [-0.15, -0.1) is 0 Å². The van der Waals surface area contributed by atoms with Crippen LogP contribution in [0.25, 0.3) is 0 Å². The van der Waals surface area contributed by atoms with Crippen molar-refractivity contribution in [2.24, 2.45) is 11.8 Å². The minimum Gasteiger partial charge on any atom is -0.469 e. The molecule has 0 spiro atoms. The molecule has 0 aromatic rings. The van der Waals surface area contributed by atoms with Gasteiger partial charge in [0.1, 0.15) is 5.60 Å². The third kappa shape index (κ3) is 6.23. The molecule has 0 bridgehead atoms. The maximum atomic E-state index is 11.6. The minimum absolute atomic E-state index is 0.107. The van der Waals surface area contributed by atoms with E-state index in [9.17, 15) is 9.59 Å². The Morgan fingerprint density at radius 3 is 2.60 bits per heavy atom. The number of nitrogens with one attached hydrogen (secondary N) is 1. The molecule has 1 aliphatic heterocycles. The summed E-state index contributed by atoms with van der Waals surface area (Å²) in [6.45, 7) is 7.07. The van der Waals surface area contributed by atoms with E-state index in [1.807, 2.05) is 20.8 Å². The Kier molecular flexibility index (Phi) is 6.26. The molecule has 0 aromatic heterocycles. The van der Waals surface area contributed by atoms with Gasteiger partial charge in [-0.2, -0.15) is 0 Å². The number of carbonyl (C=O) groups is 2. The van der Waals surface area contributed by atoms with Crippen LogP contribution in [-0.4, -0.2) is 44.5 Å². The molecule has 20 heavy (non-hydrogen) atoms. The molecule has 6 heteroatoms. The zero-order chi connectivity index (χ0) is 15.2. The number of hydrogen-bond donors (Lipinski definition) is 1. The molecular weight excluding hydrogens is 262 g/mol. The predicted molar refractivity (Wildman–Crippen MR) is 73.3 cm³/mol. The Hall–Kier alpha value is -1.30. The molecule has 0 aromatic carbocycles. The summed E-state index contributed by atoms with van der Waals surface area (Å²) in [6.07, 6.45) is 0.718. The first kappa shape index (κ1) is 16.8. The fourth-order valence-electron chi connectivity index (χ4n) is 2.16. The van der Waals surface area contributed by atoms with Crippen LogP contribution in [0.2, 0.25) is 0 Å². The Morgan fingerprint density at radius 2 is 2.00 bits per heavy atom. The highest BCUT2D eigenvalue weighted by atomic mass is 16.6. The van der Waals surface area contributed by atoms with Crippen LogP contribution in [0, 0.1) is 11.8 Å². The van der Waals surface area contributed by atoms with Gasteiger partial charge < -0.3 is 19.5 Å². The molecule has 0 radical (unpaired) electrons. The van der Waals surface area contributed by atoms with E-state index in [0.717, 1.165) is 6.42 Å². The second-order valence-electron chi connectivity index (χ2n) is 6.05. The molecule has 2 atom stereocenters. The van der Waals surface area contributed by atoms with Crippen LogP contribution in [0.15, 0.2) is 0 Å². The first-order valence-electron chi connectivity index (χ1n) is 6.93. The molecular formula is C14H25NO5. The number of alkyl carbamates (subject to hydrolysis) is 1. The van der Waals surface area contributed by atoms with Gasteiger partial charge in [0.2, 0.25) is 0 Å². The summed E-state index contributed by atoms with van der Waals surface area (Å²) >= 11 is 0. The van der Waals surface area contributed by atoms with Crippen LogP contribution in [0.4, 0.5) is 4.79 Å². The van der Waals surface area contributed by atoms with E-state index >= 15 is 0 Å². The standard InChI is InChI=1S/C14H25NO5/c1-14(2,3)20-13(17)15-8-11-9-19-6-5-10(11)7-12(16)18-4/h10-11H,5-9H2,1-4H3,(H,15,17)/t10-,11-/m1/s1.